The standard InChI is InChI=1S/C12H15N3O2S2/c1-16-5-8(13)11-14-12(17-15-11)10-4-7-6-18-3-2-9(7)19-10/h4,8H,2-3,5-6,13H2,1H3. The number of thiophene rings is 1. The van der Waals surface area contributed by atoms with Crippen molar-refractivity contribution >= 4 is 23.1 Å². The molecule has 0 saturated carbocycles. The Labute approximate surface area is 119 Å². The summed E-state index contributed by atoms with van der Waals surface area (Å²) in [5.41, 5.74) is 7.28. The minimum absolute atomic E-state index is 0.340. The van der Waals surface area contributed by atoms with Crippen molar-refractivity contribution in [3.63, 3.8) is 0 Å². The summed E-state index contributed by atoms with van der Waals surface area (Å²) in [5.74, 6) is 3.33. The number of thioether (sulfide) groups is 1. The minimum Gasteiger partial charge on any atom is -0.383 e. The van der Waals surface area contributed by atoms with Crippen LogP contribution < -0.4 is 5.73 Å². The first kappa shape index (κ1) is 13.1. The molecule has 0 bridgehead atoms. The van der Waals surface area contributed by atoms with E-state index in [4.69, 9.17) is 15.0 Å². The van der Waals surface area contributed by atoms with Gasteiger partial charge in [-0.25, -0.2) is 0 Å². The summed E-state index contributed by atoms with van der Waals surface area (Å²) in [6, 6.07) is 1.82. The van der Waals surface area contributed by atoms with E-state index >= 15 is 0 Å². The molecule has 0 aromatic carbocycles. The van der Waals surface area contributed by atoms with Crippen molar-refractivity contribution in [2.24, 2.45) is 5.73 Å². The fourth-order valence-corrected chi connectivity index (χ4v) is 4.29. The van der Waals surface area contributed by atoms with Gasteiger partial charge in [0.1, 0.15) is 0 Å². The van der Waals surface area contributed by atoms with Crippen LogP contribution in [-0.4, -0.2) is 29.6 Å². The molecule has 1 aliphatic heterocycles. The Morgan fingerprint density at radius 1 is 1.58 bits per heavy atom. The average Bonchev–Trinajstić information content (AvgIpc) is 3.05. The molecule has 1 unspecified atom stereocenters. The van der Waals surface area contributed by atoms with E-state index in [0.29, 0.717) is 18.3 Å². The molecule has 0 aliphatic carbocycles. The van der Waals surface area contributed by atoms with E-state index < -0.39 is 0 Å². The second-order valence-corrected chi connectivity index (χ2v) is 6.62. The number of nitrogens with two attached hydrogens (primary N) is 1. The van der Waals surface area contributed by atoms with Crippen LogP contribution in [0.5, 0.6) is 0 Å². The first-order valence-electron chi connectivity index (χ1n) is 6.05. The van der Waals surface area contributed by atoms with Crippen molar-refractivity contribution in [3.8, 4) is 10.8 Å². The monoisotopic (exact) mass is 297 g/mol. The van der Waals surface area contributed by atoms with Crippen molar-refractivity contribution in [2.75, 3.05) is 19.5 Å². The van der Waals surface area contributed by atoms with Gasteiger partial charge >= 0.3 is 0 Å². The minimum atomic E-state index is -0.340. The van der Waals surface area contributed by atoms with Gasteiger partial charge in [0.25, 0.3) is 5.89 Å². The van der Waals surface area contributed by atoms with Crippen LogP contribution in [0, 0.1) is 0 Å². The molecule has 1 aliphatic rings. The number of fused-ring (bicyclic) bond motifs is 1. The van der Waals surface area contributed by atoms with E-state index in [1.54, 1.807) is 18.4 Å². The molecule has 3 heterocycles. The molecular formula is C12H15N3O2S2. The van der Waals surface area contributed by atoms with Gasteiger partial charge in [-0.2, -0.15) is 16.7 Å². The highest BCUT2D eigenvalue weighted by atomic mass is 32.2. The zero-order valence-corrected chi connectivity index (χ0v) is 12.2. The summed E-state index contributed by atoms with van der Waals surface area (Å²) in [6.45, 7) is 0.385. The second-order valence-electron chi connectivity index (χ2n) is 4.38. The lowest BCUT2D eigenvalue weighted by molar-refractivity contribution is 0.177. The van der Waals surface area contributed by atoms with E-state index in [-0.39, 0.29) is 6.04 Å². The van der Waals surface area contributed by atoms with Gasteiger partial charge in [0.15, 0.2) is 5.82 Å². The van der Waals surface area contributed by atoms with E-state index in [9.17, 15) is 0 Å². The van der Waals surface area contributed by atoms with E-state index in [0.717, 1.165) is 17.1 Å². The smallest absolute Gasteiger partial charge is 0.268 e. The predicted molar refractivity (Wildman–Crippen MR) is 76.3 cm³/mol. The van der Waals surface area contributed by atoms with Gasteiger partial charge in [0.05, 0.1) is 17.5 Å². The zero-order valence-electron chi connectivity index (χ0n) is 10.6. The predicted octanol–water partition coefficient (Wildman–Crippen LogP) is 2.23. The van der Waals surface area contributed by atoms with Gasteiger partial charge in [0, 0.05) is 17.7 Å². The molecule has 102 valence electrons. The van der Waals surface area contributed by atoms with Crippen molar-refractivity contribution in [1.82, 2.24) is 10.1 Å². The Bertz CT molecular complexity index is 544. The SMILES string of the molecule is COCC(N)c1noc(-c2cc3c(s2)CCSC3)n1. The molecule has 0 saturated heterocycles. The third-order valence-corrected chi connectivity index (χ3v) is 5.19. The van der Waals surface area contributed by atoms with Crippen molar-refractivity contribution < 1.29 is 9.26 Å². The Morgan fingerprint density at radius 3 is 3.26 bits per heavy atom. The summed E-state index contributed by atoms with van der Waals surface area (Å²) < 4.78 is 10.3. The Kier molecular flexibility index (Phi) is 3.88. The quantitative estimate of drug-likeness (QED) is 0.933. The van der Waals surface area contributed by atoms with Crippen LogP contribution in [0.2, 0.25) is 0 Å². The molecule has 2 aromatic heterocycles. The van der Waals surface area contributed by atoms with Gasteiger partial charge in [-0.1, -0.05) is 5.16 Å². The third-order valence-electron chi connectivity index (χ3n) is 2.96. The van der Waals surface area contributed by atoms with Gasteiger partial charge in [-0.3, -0.25) is 0 Å². The molecule has 0 amide bonds. The first-order chi connectivity index (χ1) is 9.28. The lowest BCUT2D eigenvalue weighted by atomic mass is 10.2. The zero-order chi connectivity index (χ0) is 13.2. The highest BCUT2D eigenvalue weighted by Crippen LogP contribution is 2.36. The van der Waals surface area contributed by atoms with Crippen molar-refractivity contribution in [1.29, 1.82) is 0 Å². The van der Waals surface area contributed by atoms with Gasteiger partial charge in [0.2, 0.25) is 0 Å². The Balaban J connectivity index is 1.84. The molecular weight excluding hydrogens is 282 g/mol. The summed E-state index contributed by atoms with van der Waals surface area (Å²) in [4.78, 5) is 6.84. The van der Waals surface area contributed by atoms with Crippen LogP contribution in [0.4, 0.5) is 0 Å². The highest BCUT2D eigenvalue weighted by Gasteiger charge is 2.19. The summed E-state index contributed by atoms with van der Waals surface area (Å²) in [5, 5.41) is 3.93. The molecule has 19 heavy (non-hydrogen) atoms. The Hall–Kier alpha value is -0.890. The molecule has 2 aromatic rings. The fraction of sp³-hybridized carbons (Fsp3) is 0.500. The average molecular weight is 297 g/mol. The number of hydrogen-bond acceptors (Lipinski definition) is 7. The Morgan fingerprint density at radius 2 is 2.47 bits per heavy atom. The maximum atomic E-state index is 5.88. The van der Waals surface area contributed by atoms with Crippen LogP contribution in [0.15, 0.2) is 10.6 Å². The van der Waals surface area contributed by atoms with Crippen LogP contribution in [0.1, 0.15) is 22.3 Å². The van der Waals surface area contributed by atoms with E-state index in [1.807, 2.05) is 11.8 Å². The van der Waals surface area contributed by atoms with Crippen LogP contribution in [0.25, 0.3) is 10.8 Å². The number of rotatable bonds is 4. The summed E-state index contributed by atoms with van der Waals surface area (Å²) in [6.07, 6.45) is 1.13. The highest BCUT2D eigenvalue weighted by molar-refractivity contribution is 7.98. The maximum absolute atomic E-state index is 5.88. The second kappa shape index (κ2) is 5.62. The fourth-order valence-electron chi connectivity index (χ4n) is 1.99. The van der Waals surface area contributed by atoms with Gasteiger partial charge < -0.3 is 15.0 Å². The lowest BCUT2D eigenvalue weighted by Gasteiger charge is -2.08. The molecule has 7 heteroatoms. The third kappa shape index (κ3) is 2.69. The molecule has 0 fully saturated rings. The van der Waals surface area contributed by atoms with E-state index in [2.05, 4.69) is 16.2 Å². The van der Waals surface area contributed by atoms with Gasteiger partial charge in [-0.05, 0) is 23.8 Å². The number of ether oxygens (including phenoxy) is 1. The summed E-state index contributed by atoms with van der Waals surface area (Å²) in [7, 11) is 1.60. The topological polar surface area (TPSA) is 74.2 Å². The molecule has 0 radical (unpaired) electrons. The van der Waals surface area contributed by atoms with E-state index in [1.165, 1.54) is 16.2 Å². The summed E-state index contributed by atoms with van der Waals surface area (Å²) >= 11 is 3.71. The van der Waals surface area contributed by atoms with Crippen LogP contribution in [0.3, 0.4) is 0 Å². The molecule has 3 rings (SSSR count). The number of aryl methyl sites for hydroxylation is 1. The van der Waals surface area contributed by atoms with Crippen LogP contribution in [-0.2, 0) is 16.9 Å². The number of hydrogen-bond donors (Lipinski definition) is 1. The van der Waals surface area contributed by atoms with Gasteiger partial charge in [-0.15, -0.1) is 11.3 Å². The molecule has 1 atom stereocenters. The van der Waals surface area contributed by atoms with Crippen molar-refractivity contribution in [3.05, 3.63) is 22.3 Å². The molecule has 5 nitrogen and oxygen atoms in total. The largest absolute Gasteiger partial charge is 0.383 e. The first-order valence-corrected chi connectivity index (χ1v) is 8.03. The normalized spacial score (nSPS) is 16.3. The molecule has 0 spiro atoms. The van der Waals surface area contributed by atoms with Crippen LogP contribution >= 0.6 is 23.1 Å². The number of methoxy groups -OCH3 is 1. The maximum Gasteiger partial charge on any atom is 0.268 e. The number of aromatic nitrogens is 2. The lowest BCUT2D eigenvalue weighted by Crippen LogP contribution is -2.17. The van der Waals surface area contributed by atoms with Crippen molar-refractivity contribution in [2.45, 2.75) is 18.2 Å². The number of nitrogens with zero attached hydrogens (tertiary/aromatic N) is 2. The molecule has 2 N–H and O–H groups in total.